The molecule has 2 rings (SSSR count). The first-order valence-electron chi connectivity index (χ1n) is 3.32. The van der Waals surface area contributed by atoms with E-state index in [2.05, 4.69) is 25.1 Å². The summed E-state index contributed by atoms with van der Waals surface area (Å²) in [5.74, 6) is 0. The molecule has 2 radical (unpaired) electrons. The van der Waals surface area contributed by atoms with Gasteiger partial charge in [-0.25, -0.2) is 12.1 Å². The first-order valence-corrected chi connectivity index (χ1v) is 3.32. The third-order valence-corrected chi connectivity index (χ3v) is 1.21. The monoisotopic (exact) mass is 248 g/mol. The zero-order valence-electron chi connectivity index (χ0n) is 6.71. The van der Waals surface area contributed by atoms with E-state index in [0.717, 1.165) is 0 Å². The number of hydrogen-bond donors (Lipinski definition) is 0. The van der Waals surface area contributed by atoms with Crippen LogP contribution in [0.15, 0.2) is 42.5 Å². The van der Waals surface area contributed by atoms with Gasteiger partial charge in [0.2, 0.25) is 0 Å². The number of aryl methyl sites for hydroxylation is 1. The maximum atomic E-state index is 2.81. The molecule has 0 aliphatic heterocycles. The summed E-state index contributed by atoms with van der Waals surface area (Å²) in [6, 6.07) is 8.24. The van der Waals surface area contributed by atoms with Crippen LogP contribution >= 0.6 is 0 Å². The van der Waals surface area contributed by atoms with Gasteiger partial charge >= 0.3 is 0 Å². The van der Waals surface area contributed by atoms with Crippen LogP contribution in [0.2, 0.25) is 0 Å². The second-order valence-corrected chi connectivity index (χ2v) is 2.15. The molecule has 1 aromatic carbocycles. The van der Waals surface area contributed by atoms with Crippen molar-refractivity contribution in [2.45, 2.75) is 6.92 Å². The van der Waals surface area contributed by atoms with E-state index in [1.165, 1.54) is 5.56 Å². The smallest absolute Gasteiger partial charge is 0 e. The minimum atomic E-state index is 0. The van der Waals surface area contributed by atoms with Crippen molar-refractivity contribution in [1.82, 2.24) is 0 Å². The minimum Gasteiger partial charge on any atom is -0.213 e. The van der Waals surface area contributed by atoms with Crippen LogP contribution in [0, 0.1) is 13.0 Å². The average Bonchev–Trinajstić information content (AvgIpc) is 2.12. The van der Waals surface area contributed by atoms with Gasteiger partial charge in [0.25, 0.3) is 0 Å². The predicted octanol–water partition coefficient (Wildman–Crippen LogP) is 2.62. The molecule has 2 heteroatoms. The summed E-state index contributed by atoms with van der Waals surface area (Å²) in [5.41, 5.74) is 1.34. The van der Waals surface area contributed by atoms with Crippen molar-refractivity contribution in [3.05, 3.63) is 54.1 Å². The molecule has 1 aliphatic carbocycles. The molecule has 1 aliphatic rings. The Morgan fingerprint density at radius 1 is 1.08 bits per heavy atom. The molecule has 0 spiro atoms. The predicted molar refractivity (Wildman–Crippen MR) is 43.7 cm³/mol. The summed E-state index contributed by atoms with van der Waals surface area (Å²) < 4.78 is 0. The molecule has 12 heavy (non-hydrogen) atoms. The van der Waals surface area contributed by atoms with Gasteiger partial charge in [0.15, 0.2) is 0 Å². The van der Waals surface area contributed by atoms with E-state index < -0.39 is 0 Å². The summed E-state index contributed by atoms with van der Waals surface area (Å²) in [7, 11) is 0. The van der Waals surface area contributed by atoms with E-state index in [0.29, 0.717) is 0 Å². The van der Waals surface area contributed by atoms with Gasteiger partial charge in [0, 0.05) is 33.6 Å². The van der Waals surface area contributed by atoms with Gasteiger partial charge < -0.3 is 0 Å². The van der Waals surface area contributed by atoms with E-state index >= 15 is 0 Å². The number of hydrogen-bond acceptors (Lipinski definition) is 0. The van der Waals surface area contributed by atoms with E-state index in [1.807, 2.05) is 30.4 Å². The second-order valence-electron chi connectivity index (χ2n) is 2.15. The van der Waals surface area contributed by atoms with Gasteiger partial charge in [-0.05, 0) is 0 Å². The van der Waals surface area contributed by atoms with E-state index in [1.54, 1.807) is 0 Å². The maximum Gasteiger partial charge on any atom is 0 e. The van der Waals surface area contributed by atoms with Crippen LogP contribution in [-0.2, 0) is 33.6 Å². The van der Waals surface area contributed by atoms with E-state index in [4.69, 9.17) is 0 Å². The van der Waals surface area contributed by atoms with Crippen molar-refractivity contribution in [3.8, 4) is 0 Å². The topological polar surface area (TPSA) is 0 Å². The second kappa shape index (κ2) is 8.94. The van der Waals surface area contributed by atoms with Gasteiger partial charge in [0.05, 0.1) is 0 Å². The number of rotatable bonds is 0. The maximum absolute atomic E-state index is 2.81. The molecule has 0 saturated heterocycles. The molecule has 0 fully saturated rings. The van der Waals surface area contributed by atoms with Gasteiger partial charge in [0.1, 0.15) is 0 Å². The van der Waals surface area contributed by atoms with Crippen molar-refractivity contribution in [2.75, 3.05) is 0 Å². The minimum absolute atomic E-state index is 0. The molecule has 0 amide bonds. The zero-order chi connectivity index (χ0) is 7.23. The molecule has 0 N–H and O–H groups in total. The molecule has 0 bridgehead atoms. The largest absolute Gasteiger partial charge is 0.213 e. The first kappa shape index (κ1) is 14.4. The molecule has 0 unspecified atom stereocenters. The summed E-state index contributed by atoms with van der Waals surface area (Å²) >= 11 is 0. The molecular formula is C10H10Co2-2. The summed E-state index contributed by atoms with van der Waals surface area (Å²) in [6.07, 6.45) is 8.50. The van der Waals surface area contributed by atoms with Crippen molar-refractivity contribution in [3.63, 3.8) is 0 Å². The quantitative estimate of drug-likeness (QED) is 0.619. The van der Waals surface area contributed by atoms with E-state index in [-0.39, 0.29) is 33.6 Å². The molecule has 0 aromatic heterocycles. The molecule has 70 valence electrons. The van der Waals surface area contributed by atoms with Crippen molar-refractivity contribution >= 4 is 0 Å². The molecule has 1 aromatic rings. The van der Waals surface area contributed by atoms with Crippen molar-refractivity contribution in [2.24, 2.45) is 0 Å². The van der Waals surface area contributed by atoms with Crippen LogP contribution in [0.1, 0.15) is 5.56 Å². The Morgan fingerprint density at radius 2 is 1.42 bits per heavy atom. The van der Waals surface area contributed by atoms with Crippen LogP contribution < -0.4 is 0 Å². The third kappa shape index (κ3) is 6.55. The summed E-state index contributed by atoms with van der Waals surface area (Å²) in [6.45, 7) is 2.08. The Bertz CT molecular complexity index is 202. The summed E-state index contributed by atoms with van der Waals surface area (Å²) in [4.78, 5) is 0. The Kier molecular flexibility index (Phi) is 10.7. The molecule has 0 nitrogen and oxygen atoms in total. The van der Waals surface area contributed by atoms with Crippen LogP contribution in [0.3, 0.4) is 0 Å². The van der Waals surface area contributed by atoms with Crippen molar-refractivity contribution in [1.29, 1.82) is 0 Å². The Labute approximate surface area is 94.5 Å². The average molecular weight is 248 g/mol. The van der Waals surface area contributed by atoms with Crippen LogP contribution in [0.5, 0.6) is 0 Å². The summed E-state index contributed by atoms with van der Waals surface area (Å²) in [5, 5.41) is 0. The number of allylic oxidation sites excluding steroid dienone is 4. The molecular weight excluding hydrogens is 238 g/mol. The first-order chi connectivity index (χ1) is 4.89. The van der Waals surface area contributed by atoms with Gasteiger partial charge in [-0.1, -0.05) is 6.92 Å². The molecule has 0 saturated carbocycles. The zero-order valence-corrected chi connectivity index (χ0v) is 8.79. The van der Waals surface area contributed by atoms with E-state index in [9.17, 15) is 0 Å². The van der Waals surface area contributed by atoms with Crippen LogP contribution in [-0.4, -0.2) is 0 Å². The fourth-order valence-electron chi connectivity index (χ4n) is 0.566. The molecule has 0 heterocycles. The Balaban J connectivity index is 0. The van der Waals surface area contributed by atoms with Gasteiger partial charge in [-0.2, -0.15) is 42.0 Å². The van der Waals surface area contributed by atoms with Gasteiger partial charge in [-0.3, -0.25) is 0 Å². The standard InChI is InChI=1S/C6H7.C4H3.2Co/c1-6-4-2-3-5-6;1-2-4-3-1;;/h2-5H,1H3;1-3H;;/q2*-1;;. The fraction of sp³-hybridized carbons (Fsp3) is 0.100. The van der Waals surface area contributed by atoms with Crippen LogP contribution in [0.25, 0.3) is 0 Å². The van der Waals surface area contributed by atoms with Gasteiger partial charge in [-0.15, -0.1) is 0 Å². The van der Waals surface area contributed by atoms with Crippen LogP contribution in [0.4, 0.5) is 0 Å². The normalized spacial score (nSPS) is 9.75. The van der Waals surface area contributed by atoms with Crippen molar-refractivity contribution < 1.29 is 33.6 Å². The Morgan fingerprint density at radius 3 is 1.50 bits per heavy atom. The third-order valence-electron chi connectivity index (χ3n) is 1.21. The molecule has 0 atom stereocenters. The SMILES string of the molecule is C[c-]1cccc1.[C-]1=CC=C1.[Co].[Co]. The Hall–Kier alpha value is -0.157. The fourth-order valence-corrected chi connectivity index (χ4v) is 0.566.